The molecule has 5 rings (SSSR count). The van der Waals surface area contributed by atoms with Crippen molar-refractivity contribution in [1.29, 1.82) is 0 Å². The number of ether oxygens (including phenoxy) is 1. The number of rotatable bonds is 7. The van der Waals surface area contributed by atoms with E-state index in [0.29, 0.717) is 23.6 Å². The van der Waals surface area contributed by atoms with Crippen LogP contribution in [0.4, 0.5) is 5.69 Å². The molecule has 3 aromatic carbocycles. The van der Waals surface area contributed by atoms with Crippen molar-refractivity contribution in [2.45, 2.75) is 25.2 Å². The number of anilines is 1. The van der Waals surface area contributed by atoms with Gasteiger partial charge in [0.1, 0.15) is 12.4 Å². The highest BCUT2D eigenvalue weighted by Crippen LogP contribution is 2.38. The highest BCUT2D eigenvalue weighted by atomic mass is 16.7. The van der Waals surface area contributed by atoms with Crippen LogP contribution < -0.4 is 9.64 Å². The minimum Gasteiger partial charge on any atom is -0.489 e. The number of Topliss-reactive ketones (excluding diaryl/α,β-unsaturated/α-hetero) is 1. The van der Waals surface area contributed by atoms with Crippen LogP contribution in [-0.4, -0.2) is 41.9 Å². The van der Waals surface area contributed by atoms with E-state index in [9.17, 15) is 14.4 Å². The summed E-state index contributed by atoms with van der Waals surface area (Å²) in [6.07, 6.45) is -0.854. The summed E-state index contributed by atoms with van der Waals surface area (Å²) in [5.74, 6) is -0.933. The van der Waals surface area contributed by atoms with Crippen molar-refractivity contribution < 1.29 is 24.0 Å². The van der Waals surface area contributed by atoms with Gasteiger partial charge >= 0.3 is 0 Å². The minimum absolute atomic E-state index is 0.0591. The number of hydroxylamine groups is 2. The highest BCUT2D eigenvalue weighted by molar-refractivity contribution is 6.23. The van der Waals surface area contributed by atoms with Crippen molar-refractivity contribution in [3.8, 4) is 5.75 Å². The minimum atomic E-state index is -0.913. The zero-order valence-electron chi connectivity index (χ0n) is 18.7. The molecule has 2 amide bonds. The van der Waals surface area contributed by atoms with Gasteiger partial charge in [-0.1, -0.05) is 48.5 Å². The first-order valence-corrected chi connectivity index (χ1v) is 11.2. The maximum atomic E-state index is 13.2. The van der Waals surface area contributed by atoms with Crippen LogP contribution in [0.5, 0.6) is 5.75 Å². The van der Waals surface area contributed by atoms with Crippen molar-refractivity contribution in [1.82, 2.24) is 5.06 Å². The Hall–Kier alpha value is -3.81. The Bertz CT molecular complexity index is 1200. The summed E-state index contributed by atoms with van der Waals surface area (Å²) in [7, 11) is 1.66. The van der Waals surface area contributed by atoms with Crippen LogP contribution >= 0.6 is 0 Å². The van der Waals surface area contributed by atoms with Gasteiger partial charge in [0.15, 0.2) is 11.9 Å². The van der Waals surface area contributed by atoms with E-state index >= 15 is 0 Å². The molecule has 3 unspecified atom stereocenters. The zero-order valence-corrected chi connectivity index (χ0v) is 18.7. The van der Waals surface area contributed by atoms with E-state index < -0.39 is 24.0 Å². The molecular formula is C27H24N2O5. The topological polar surface area (TPSA) is 76.2 Å². The molecule has 0 radical (unpaired) electrons. The van der Waals surface area contributed by atoms with E-state index in [1.54, 1.807) is 55.6 Å². The Morgan fingerprint density at radius 3 is 2.21 bits per heavy atom. The van der Waals surface area contributed by atoms with Crippen LogP contribution in [0.25, 0.3) is 0 Å². The molecule has 0 aliphatic carbocycles. The summed E-state index contributed by atoms with van der Waals surface area (Å²) < 4.78 is 5.79. The van der Waals surface area contributed by atoms with Gasteiger partial charge in [-0.3, -0.25) is 19.2 Å². The predicted molar refractivity (Wildman–Crippen MR) is 125 cm³/mol. The molecule has 0 N–H and O–H groups in total. The van der Waals surface area contributed by atoms with Crippen molar-refractivity contribution in [2.75, 3.05) is 11.9 Å². The van der Waals surface area contributed by atoms with Crippen LogP contribution in [0, 0.1) is 5.92 Å². The molecule has 2 aliphatic rings. The van der Waals surface area contributed by atoms with Crippen LogP contribution in [0.15, 0.2) is 84.9 Å². The molecule has 172 valence electrons. The molecule has 34 heavy (non-hydrogen) atoms. The molecule has 0 saturated carbocycles. The van der Waals surface area contributed by atoms with Gasteiger partial charge in [0.05, 0.1) is 17.6 Å². The van der Waals surface area contributed by atoms with Gasteiger partial charge in [-0.05, 0) is 42.0 Å². The summed E-state index contributed by atoms with van der Waals surface area (Å²) in [5, 5.41) is 1.47. The average molecular weight is 456 g/mol. The van der Waals surface area contributed by atoms with Crippen LogP contribution in [-0.2, 0) is 21.0 Å². The van der Waals surface area contributed by atoms with E-state index in [0.717, 1.165) is 5.56 Å². The Labute approximate surface area is 197 Å². The lowest BCUT2D eigenvalue weighted by Gasteiger charge is -2.23. The van der Waals surface area contributed by atoms with Crippen LogP contribution in [0.3, 0.4) is 0 Å². The number of imide groups is 1. The number of hydrogen-bond acceptors (Lipinski definition) is 6. The van der Waals surface area contributed by atoms with Crippen molar-refractivity contribution >= 4 is 23.3 Å². The lowest BCUT2D eigenvalue weighted by Crippen LogP contribution is -2.40. The monoisotopic (exact) mass is 456 g/mol. The largest absolute Gasteiger partial charge is 0.489 e. The average Bonchev–Trinajstić information content (AvgIpc) is 3.32. The number of carbonyl (C=O) groups excluding carboxylic acids is 3. The van der Waals surface area contributed by atoms with E-state index in [2.05, 4.69) is 0 Å². The lowest BCUT2D eigenvalue weighted by atomic mass is 9.91. The summed E-state index contributed by atoms with van der Waals surface area (Å²) in [4.78, 5) is 46.0. The molecule has 7 heteroatoms. The maximum Gasteiger partial charge on any atom is 0.265 e. The number of amides is 2. The van der Waals surface area contributed by atoms with Crippen molar-refractivity contribution in [3.63, 3.8) is 0 Å². The Morgan fingerprint density at radius 1 is 0.882 bits per heavy atom. The fourth-order valence-corrected chi connectivity index (χ4v) is 4.50. The molecule has 2 saturated heterocycles. The first-order chi connectivity index (χ1) is 16.5. The molecule has 0 spiro atoms. The molecule has 7 nitrogen and oxygen atoms in total. The summed E-state index contributed by atoms with van der Waals surface area (Å²) in [5.41, 5.74) is 2.08. The molecule has 3 atom stereocenters. The molecule has 2 aliphatic heterocycles. The molecule has 2 heterocycles. The second kappa shape index (κ2) is 9.21. The standard InChI is InChI=1S/C27H24N2O5/c1-28-22(24-25(34-28)27(32)29(26(24)31)20-10-6-3-7-11-20)16-23(30)19-12-14-21(15-13-19)33-17-18-8-4-2-5-9-18/h2-15,22,24-25H,16-17H2,1H3. The second-order valence-electron chi connectivity index (χ2n) is 8.44. The zero-order chi connectivity index (χ0) is 23.7. The molecule has 2 fully saturated rings. The number of hydrogen-bond donors (Lipinski definition) is 0. The fourth-order valence-electron chi connectivity index (χ4n) is 4.50. The third kappa shape index (κ3) is 4.11. The van der Waals surface area contributed by atoms with Gasteiger partial charge in [-0.2, -0.15) is 5.06 Å². The normalized spacial score (nSPS) is 22.1. The number of nitrogens with zero attached hydrogens (tertiary/aromatic N) is 2. The maximum absolute atomic E-state index is 13.2. The van der Waals surface area contributed by atoms with Gasteiger partial charge < -0.3 is 4.74 Å². The molecule has 0 bridgehead atoms. The quantitative estimate of drug-likeness (QED) is 0.399. The number of fused-ring (bicyclic) bond motifs is 1. The number of para-hydroxylation sites is 1. The Morgan fingerprint density at radius 2 is 1.53 bits per heavy atom. The Kier molecular flexibility index (Phi) is 5.96. The van der Waals surface area contributed by atoms with Gasteiger partial charge in [-0.15, -0.1) is 0 Å². The molecular weight excluding hydrogens is 432 g/mol. The second-order valence-corrected chi connectivity index (χ2v) is 8.44. The summed E-state index contributed by atoms with van der Waals surface area (Å²) >= 11 is 0. The lowest BCUT2D eigenvalue weighted by molar-refractivity contribution is -0.159. The number of benzene rings is 3. The molecule has 3 aromatic rings. The summed E-state index contributed by atoms with van der Waals surface area (Å²) in [6.45, 7) is 0.440. The smallest absolute Gasteiger partial charge is 0.265 e. The summed E-state index contributed by atoms with van der Waals surface area (Å²) in [6, 6.07) is 25.0. The van der Waals surface area contributed by atoms with Crippen LogP contribution in [0.1, 0.15) is 22.3 Å². The number of ketones is 1. The van der Waals surface area contributed by atoms with E-state index in [1.807, 2.05) is 36.4 Å². The fraction of sp³-hybridized carbons (Fsp3) is 0.222. The first-order valence-electron chi connectivity index (χ1n) is 11.2. The van der Waals surface area contributed by atoms with E-state index in [4.69, 9.17) is 9.57 Å². The van der Waals surface area contributed by atoms with Crippen LogP contribution in [0.2, 0.25) is 0 Å². The molecule has 0 aromatic heterocycles. The van der Waals surface area contributed by atoms with Crippen molar-refractivity contribution in [2.24, 2.45) is 5.92 Å². The van der Waals surface area contributed by atoms with Gasteiger partial charge in [-0.25, -0.2) is 4.90 Å². The Balaban J connectivity index is 1.26. The first kappa shape index (κ1) is 22.0. The van der Waals surface area contributed by atoms with Gasteiger partial charge in [0.2, 0.25) is 5.91 Å². The number of carbonyl (C=O) groups is 3. The highest BCUT2D eigenvalue weighted by Gasteiger charge is 2.59. The third-order valence-electron chi connectivity index (χ3n) is 6.29. The third-order valence-corrected chi connectivity index (χ3v) is 6.29. The van der Waals surface area contributed by atoms with Gasteiger partial charge in [0.25, 0.3) is 5.91 Å². The van der Waals surface area contributed by atoms with Crippen molar-refractivity contribution in [3.05, 3.63) is 96.1 Å². The van der Waals surface area contributed by atoms with E-state index in [1.165, 1.54) is 9.96 Å². The van der Waals surface area contributed by atoms with E-state index in [-0.39, 0.29) is 18.1 Å². The SMILES string of the molecule is CN1OC2C(=O)N(c3ccccc3)C(=O)C2C1CC(=O)c1ccc(OCc2ccccc2)cc1. The van der Waals surface area contributed by atoms with Gasteiger partial charge in [0, 0.05) is 19.0 Å². The predicted octanol–water partition coefficient (Wildman–Crippen LogP) is 3.64.